The van der Waals surface area contributed by atoms with Gasteiger partial charge < -0.3 is 14.4 Å². The van der Waals surface area contributed by atoms with E-state index in [2.05, 4.69) is 35.4 Å². The van der Waals surface area contributed by atoms with Gasteiger partial charge in [-0.1, -0.05) is 12.1 Å². The van der Waals surface area contributed by atoms with Crippen molar-refractivity contribution in [3.63, 3.8) is 0 Å². The largest absolute Gasteiger partial charge is 0.342 e. The zero-order chi connectivity index (χ0) is 25.7. The van der Waals surface area contributed by atoms with E-state index in [0.29, 0.717) is 35.6 Å². The van der Waals surface area contributed by atoms with Crippen molar-refractivity contribution in [2.24, 2.45) is 18.9 Å². The second-order valence-corrected chi connectivity index (χ2v) is 9.69. The van der Waals surface area contributed by atoms with Gasteiger partial charge in [0.25, 0.3) is 5.56 Å². The van der Waals surface area contributed by atoms with Crippen molar-refractivity contribution in [3.05, 3.63) is 88.5 Å². The van der Waals surface area contributed by atoms with Crippen LogP contribution in [0, 0.1) is 29.0 Å². The van der Waals surface area contributed by atoms with Gasteiger partial charge in [-0.25, -0.2) is 14.4 Å². The molecule has 37 heavy (non-hydrogen) atoms. The number of imidazole rings is 1. The smallest absolute Gasteiger partial charge is 0.255 e. The zero-order valence-corrected chi connectivity index (χ0v) is 20.5. The van der Waals surface area contributed by atoms with Gasteiger partial charge in [0.05, 0.1) is 30.1 Å². The third-order valence-corrected chi connectivity index (χ3v) is 7.48. The number of piperidine rings is 1. The second-order valence-electron chi connectivity index (χ2n) is 9.69. The molecule has 1 saturated heterocycles. The first-order valence-electron chi connectivity index (χ1n) is 12.1. The summed E-state index contributed by atoms with van der Waals surface area (Å²) in [6, 6.07) is 12.9. The molecule has 2 fully saturated rings. The molecule has 1 saturated carbocycles. The van der Waals surface area contributed by atoms with Gasteiger partial charge in [-0.2, -0.15) is 5.26 Å². The van der Waals surface area contributed by atoms with E-state index in [0.717, 1.165) is 30.8 Å². The molecule has 10 heteroatoms. The molecule has 6 rings (SSSR count). The van der Waals surface area contributed by atoms with Crippen molar-refractivity contribution in [3.8, 4) is 17.3 Å². The van der Waals surface area contributed by atoms with Gasteiger partial charge in [-0.15, -0.1) is 0 Å². The number of aromatic nitrogens is 5. The fourth-order valence-corrected chi connectivity index (χ4v) is 5.52. The Labute approximate surface area is 213 Å². The molecule has 0 N–H and O–H groups in total. The van der Waals surface area contributed by atoms with E-state index >= 15 is 0 Å². The Morgan fingerprint density at radius 1 is 1.16 bits per heavy atom. The molecule has 1 aliphatic carbocycles. The van der Waals surface area contributed by atoms with Crippen LogP contribution in [0.1, 0.15) is 11.1 Å². The Morgan fingerprint density at radius 3 is 2.62 bits per heavy atom. The Morgan fingerprint density at radius 2 is 1.92 bits per heavy atom. The molecule has 0 spiro atoms. The average molecular weight is 497 g/mol. The molecule has 0 amide bonds. The Hall–Kier alpha value is -4.52. The van der Waals surface area contributed by atoms with Crippen LogP contribution in [-0.4, -0.2) is 50.3 Å². The number of fused-ring (bicyclic) bond motifs is 1. The number of hydrogen-bond acceptors (Lipinski definition) is 7. The van der Waals surface area contributed by atoms with Crippen LogP contribution in [0.2, 0.25) is 0 Å². The maximum Gasteiger partial charge on any atom is 0.255 e. The van der Waals surface area contributed by atoms with Crippen LogP contribution in [0.3, 0.4) is 0 Å². The minimum absolute atomic E-state index is 0.236. The minimum atomic E-state index is -0.507. The maximum absolute atomic E-state index is 14.3. The molecule has 1 aromatic carbocycles. The van der Waals surface area contributed by atoms with Gasteiger partial charge >= 0.3 is 0 Å². The molecule has 3 aromatic heterocycles. The predicted molar refractivity (Wildman–Crippen MR) is 137 cm³/mol. The van der Waals surface area contributed by atoms with E-state index in [1.54, 1.807) is 7.05 Å². The summed E-state index contributed by atoms with van der Waals surface area (Å²) in [5, 5.41) is 9.03. The van der Waals surface area contributed by atoms with Crippen LogP contribution in [0.5, 0.6) is 0 Å². The molecule has 0 radical (unpaired) electrons. The van der Waals surface area contributed by atoms with Crippen molar-refractivity contribution >= 4 is 11.9 Å². The van der Waals surface area contributed by atoms with E-state index < -0.39 is 5.82 Å². The fourth-order valence-electron chi connectivity index (χ4n) is 5.52. The number of rotatable bonds is 6. The van der Waals surface area contributed by atoms with E-state index in [1.807, 2.05) is 43.7 Å². The Balaban J connectivity index is 1.18. The lowest BCUT2D eigenvalue weighted by atomic mass is 10.1. The highest BCUT2D eigenvalue weighted by Crippen LogP contribution is 2.50. The predicted octanol–water partition coefficient (Wildman–Crippen LogP) is 2.67. The van der Waals surface area contributed by atoms with Gasteiger partial charge in [-0.3, -0.25) is 14.3 Å². The summed E-state index contributed by atoms with van der Waals surface area (Å²) in [6.45, 7) is 2.40. The lowest BCUT2D eigenvalue weighted by Gasteiger charge is -2.27. The van der Waals surface area contributed by atoms with Crippen LogP contribution in [0.4, 0.5) is 16.3 Å². The molecule has 1 aliphatic heterocycles. The number of anilines is 2. The van der Waals surface area contributed by atoms with E-state index in [4.69, 9.17) is 5.26 Å². The molecule has 2 aliphatic rings. The number of hydrogen-bond donors (Lipinski definition) is 0. The number of nitriles is 1. The fraction of sp³-hybridized carbons (Fsp3) is 0.296. The third kappa shape index (κ3) is 4.02. The average Bonchev–Trinajstić information content (AvgIpc) is 3.21. The third-order valence-electron chi connectivity index (χ3n) is 7.48. The molecular formula is C27H25FN8O. The summed E-state index contributed by atoms with van der Waals surface area (Å²) in [7, 11) is 3.64. The van der Waals surface area contributed by atoms with Gasteiger partial charge in [0.15, 0.2) is 5.82 Å². The number of halogens is 1. The first-order chi connectivity index (χ1) is 17.9. The van der Waals surface area contributed by atoms with Crippen molar-refractivity contribution in [1.29, 1.82) is 5.26 Å². The highest BCUT2D eigenvalue weighted by atomic mass is 19.1. The zero-order valence-electron chi connectivity index (χ0n) is 20.5. The number of pyridine rings is 1. The number of benzene rings is 1. The normalized spacial score (nSPS) is 19.9. The first-order valence-corrected chi connectivity index (χ1v) is 12.1. The molecule has 4 heterocycles. The lowest BCUT2D eigenvalue weighted by Crippen LogP contribution is -2.37. The van der Waals surface area contributed by atoms with Crippen LogP contribution < -0.4 is 15.4 Å². The summed E-state index contributed by atoms with van der Waals surface area (Å²) in [5.74, 6) is 1.78. The molecular weight excluding hydrogens is 471 g/mol. The highest BCUT2D eigenvalue weighted by Gasteiger charge is 2.59. The van der Waals surface area contributed by atoms with Gasteiger partial charge in [-0.05, 0) is 23.8 Å². The highest BCUT2D eigenvalue weighted by molar-refractivity contribution is 5.60. The van der Waals surface area contributed by atoms with E-state index in [9.17, 15) is 9.18 Å². The molecule has 3 atom stereocenters. The Kier molecular flexibility index (Phi) is 5.48. The topological polar surface area (TPSA) is 95.9 Å². The van der Waals surface area contributed by atoms with Crippen molar-refractivity contribution in [2.75, 3.05) is 29.9 Å². The minimum Gasteiger partial charge on any atom is -0.342 e. The van der Waals surface area contributed by atoms with Crippen LogP contribution in [-0.2, 0) is 13.6 Å². The van der Waals surface area contributed by atoms with Crippen molar-refractivity contribution < 1.29 is 4.39 Å². The second kappa shape index (κ2) is 8.85. The van der Waals surface area contributed by atoms with Gasteiger partial charge in [0.1, 0.15) is 0 Å². The van der Waals surface area contributed by atoms with E-state index in [1.165, 1.54) is 22.9 Å². The first kappa shape index (κ1) is 22.9. The molecule has 4 aromatic rings. The summed E-state index contributed by atoms with van der Waals surface area (Å²) in [5.41, 5.74) is 2.09. The molecule has 186 valence electrons. The van der Waals surface area contributed by atoms with Crippen molar-refractivity contribution in [1.82, 2.24) is 24.1 Å². The van der Waals surface area contributed by atoms with Crippen LogP contribution in [0.25, 0.3) is 11.3 Å². The quantitative estimate of drug-likeness (QED) is 0.405. The summed E-state index contributed by atoms with van der Waals surface area (Å²) in [4.78, 5) is 30.1. The van der Waals surface area contributed by atoms with Gasteiger partial charge in [0.2, 0.25) is 11.9 Å². The molecule has 0 unspecified atom stereocenters. The summed E-state index contributed by atoms with van der Waals surface area (Å²) < 4.78 is 18.0. The summed E-state index contributed by atoms with van der Waals surface area (Å²) in [6.07, 6.45) is 6.41. The maximum atomic E-state index is 14.3. The standard InChI is InChI=1S/C27H25FN8O/c1-33-24(37)11-23(19-7-8-30-13-22(19)28)32-27(33)34(2)25-20-15-36(16-21(20)25)26-31-9-10-35(26)14-18-5-3-17(12-29)4-6-18/h3-11,13,20-21,25H,14-16H2,1-2H3/t20-,21+,25+. The monoisotopic (exact) mass is 496 g/mol. The lowest BCUT2D eigenvalue weighted by molar-refractivity contribution is 0.623. The molecule has 0 bridgehead atoms. The Bertz CT molecular complexity index is 1560. The van der Waals surface area contributed by atoms with Gasteiger partial charge in [0, 0.05) is 75.3 Å². The SMILES string of the molecule is CN(c1nc(-c2ccncc2F)cc(=O)n1C)[C@H]1[C@@H]2CN(c3nccn3Cc3ccc(C#N)cc3)C[C@@H]21. The molecule has 9 nitrogen and oxygen atoms in total. The van der Waals surface area contributed by atoms with E-state index in [-0.39, 0.29) is 17.2 Å². The van der Waals surface area contributed by atoms with Crippen molar-refractivity contribution in [2.45, 2.75) is 12.6 Å². The number of nitrogens with zero attached hydrogens (tertiary/aromatic N) is 8. The van der Waals surface area contributed by atoms with Crippen LogP contribution >= 0.6 is 0 Å². The summed E-state index contributed by atoms with van der Waals surface area (Å²) >= 11 is 0. The van der Waals surface area contributed by atoms with Crippen LogP contribution in [0.15, 0.2) is 66.0 Å².